The SMILES string of the molecule is CC(C)CCC[C@@H](C)[C@H]1CC[C@H]2[C@@H]3CC=C4C[C@@H](O)CC([C@]56[C@@H](O)C[C@@]7(C)[C@@H](CC[C@]7(O)C(=O)CO)[C@@H]5CCC5=CC(=O)CC[C@@]56C)[C@]4(C)[C@H]3CC[C@]12C. The van der Waals surface area contributed by atoms with E-state index < -0.39 is 46.4 Å². The van der Waals surface area contributed by atoms with Gasteiger partial charge in [0.1, 0.15) is 12.2 Å². The fourth-order valence-corrected chi connectivity index (χ4v) is 17.6. The van der Waals surface area contributed by atoms with Crippen LogP contribution >= 0.6 is 0 Å². The predicted molar refractivity (Wildman–Crippen MR) is 212 cm³/mol. The first kappa shape index (κ1) is 39.5. The van der Waals surface area contributed by atoms with E-state index in [1.54, 1.807) is 0 Å². The maximum absolute atomic E-state index is 13.4. The Bertz CT molecular complexity index is 1580. The van der Waals surface area contributed by atoms with E-state index in [4.69, 9.17) is 0 Å². The molecule has 0 radical (unpaired) electrons. The van der Waals surface area contributed by atoms with E-state index in [9.17, 15) is 30.0 Å². The van der Waals surface area contributed by atoms with Crippen molar-refractivity contribution in [1.29, 1.82) is 0 Å². The van der Waals surface area contributed by atoms with E-state index in [0.29, 0.717) is 68.1 Å². The summed E-state index contributed by atoms with van der Waals surface area (Å²) in [4.78, 5) is 26.6. The van der Waals surface area contributed by atoms with Gasteiger partial charge in [0.2, 0.25) is 0 Å². The van der Waals surface area contributed by atoms with Crippen molar-refractivity contribution >= 4 is 11.6 Å². The number of aliphatic hydroxyl groups excluding tert-OH is 3. The van der Waals surface area contributed by atoms with Crippen LogP contribution in [-0.2, 0) is 9.59 Å². The number of Topliss-reactive ketones (excluding diaryl/α,β-unsaturated/α-hetero) is 1. The van der Waals surface area contributed by atoms with Gasteiger partial charge >= 0.3 is 0 Å². The summed E-state index contributed by atoms with van der Waals surface area (Å²) in [6.45, 7) is 16.1. The first-order chi connectivity index (χ1) is 25.4. The van der Waals surface area contributed by atoms with Crippen LogP contribution < -0.4 is 0 Å². The summed E-state index contributed by atoms with van der Waals surface area (Å²) in [6, 6.07) is 0. The number of rotatable bonds is 8. The molecule has 6 nitrogen and oxygen atoms in total. The van der Waals surface area contributed by atoms with Gasteiger partial charge in [0.05, 0.1) is 12.2 Å². The summed E-state index contributed by atoms with van der Waals surface area (Å²) >= 11 is 0. The van der Waals surface area contributed by atoms with Crippen molar-refractivity contribution in [1.82, 2.24) is 0 Å². The van der Waals surface area contributed by atoms with Crippen molar-refractivity contribution in [2.45, 2.75) is 175 Å². The average molecular weight is 747 g/mol. The molecule has 8 rings (SSSR count). The van der Waals surface area contributed by atoms with Gasteiger partial charge in [0, 0.05) is 17.3 Å². The van der Waals surface area contributed by atoms with Crippen LogP contribution in [0.5, 0.6) is 0 Å². The molecule has 4 N–H and O–H groups in total. The molecule has 0 spiro atoms. The van der Waals surface area contributed by atoms with Crippen molar-refractivity contribution in [3.05, 3.63) is 23.3 Å². The summed E-state index contributed by atoms with van der Waals surface area (Å²) in [5, 5.41) is 47.6. The topological polar surface area (TPSA) is 115 Å². The van der Waals surface area contributed by atoms with Crippen molar-refractivity contribution in [2.75, 3.05) is 6.61 Å². The third-order valence-electron chi connectivity index (χ3n) is 20.0. The lowest BCUT2D eigenvalue weighted by atomic mass is 9.30. The minimum Gasteiger partial charge on any atom is -0.393 e. The number of fused-ring (bicyclic) bond motifs is 10. The number of aliphatic hydroxyl groups is 4. The van der Waals surface area contributed by atoms with Gasteiger partial charge in [0.25, 0.3) is 0 Å². The fourth-order valence-electron chi connectivity index (χ4n) is 17.6. The van der Waals surface area contributed by atoms with E-state index in [1.807, 2.05) is 13.0 Å². The van der Waals surface area contributed by atoms with Crippen LogP contribution in [0.2, 0.25) is 0 Å². The molecule has 8 aliphatic carbocycles. The largest absolute Gasteiger partial charge is 0.393 e. The predicted octanol–water partition coefficient (Wildman–Crippen LogP) is 8.78. The molecular formula is C48H74O6. The monoisotopic (exact) mass is 747 g/mol. The third-order valence-corrected chi connectivity index (χ3v) is 20.0. The van der Waals surface area contributed by atoms with E-state index in [2.05, 4.69) is 47.6 Å². The molecule has 8 aliphatic rings. The van der Waals surface area contributed by atoms with Gasteiger partial charge in [-0.1, -0.05) is 85.0 Å². The number of carbonyl (C=O) groups excluding carboxylic acids is 2. The lowest BCUT2D eigenvalue weighted by molar-refractivity contribution is -0.269. The Kier molecular flexibility index (Phi) is 9.76. The summed E-state index contributed by atoms with van der Waals surface area (Å²) in [5.41, 5.74) is -0.873. The Morgan fingerprint density at radius 3 is 2.33 bits per heavy atom. The van der Waals surface area contributed by atoms with Crippen molar-refractivity contribution in [3.8, 4) is 0 Å². The van der Waals surface area contributed by atoms with Crippen LogP contribution in [0.3, 0.4) is 0 Å². The normalized spacial score (nSPS) is 51.6. The summed E-state index contributed by atoms with van der Waals surface area (Å²) < 4.78 is 0. The molecule has 0 heterocycles. The maximum Gasteiger partial charge on any atom is 0.190 e. The smallest absolute Gasteiger partial charge is 0.190 e. The molecular weight excluding hydrogens is 673 g/mol. The van der Waals surface area contributed by atoms with E-state index in [-0.39, 0.29) is 29.0 Å². The molecule has 0 aromatic carbocycles. The zero-order valence-corrected chi connectivity index (χ0v) is 34.8. The number of ketones is 2. The zero-order chi connectivity index (χ0) is 38.8. The molecule has 0 bridgehead atoms. The van der Waals surface area contributed by atoms with Gasteiger partial charge in [-0.15, -0.1) is 0 Å². The van der Waals surface area contributed by atoms with Gasteiger partial charge in [-0.3, -0.25) is 9.59 Å². The van der Waals surface area contributed by atoms with Gasteiger partial charge in [-0.25, -0.2) is 0 Å². The number of carbonyl (C=O) groups is 2. The number of hydrogen-bond acceptors (Lipinski definition) is 6. The van der Waals surface area contributed by atoms with Gasteiger partial charge < -0.3 is 20.4 Å². The lowest BCUT2D eigenvalue weighted by Gasteiger charge is -2.74. The van der Waals surface area contributed by atoms with Crippen molar-refractivity contribution in [2.24, 2.45) is 80.3 Å². The fraction of sp³-hybridized carbons (Fsp3) is 0.875. The van der Waals surface area contributed by atoms with Gasteiger partial charge in [-0.2, -0.15) is 0 Å². The summed E-state index contributed by atoms with van der Waals surface area (Å²) in [5.74, 6) is 3.69. The second-order valence-electron chi connectivity index (χ2n) is 22.1. The molecule has 6 heteroatoms. The molecule has 0 aromatic heterocycles. The van der Waals surface area contributed by atoms with Gasteiger partial charge in [0.15, 0.2) is 11.6 Å². The molecule has 16 atom stereocenters. The van der Waals surface area contributed by atoms with Crippen LogP contribution in [0.15, 0.2) is 23.3 Å². The Balaban J connectivity index is 1.23. The van der Waals surface area contributed by atoms with Crippen LogP contribution in [0.4, 0.5) is 0 Å². The highest BCUT2D eigenvalue weighted by atomic mass is 16.3. The summed E-state index contributed by atoms with van der Waals surface area (Å²) in [7, 11) is 0. The Labute approximate surface area is 326 Å². The summed E-state index contributed by atoms with van der Waals surface area (Å²) in [6.07, 6.45) is 18.7. The van der Waals surface area contributed by atoms with Crippen molar-refractivity contribution in [3.63, 3.8) is 0 Å². The van der Waals surface area contributed by atoms with E-state index in [0.717, 1.165) is 37.0 Å². The van der Waals surface area contributed by atoms with Crippen LogP contribution in [0.1, 0.15) is 158 Å². The molecule has 0 amide bonds. The van der Waals surface area contributed by atoms with Crippen LogP contribution in [0.25, 0.3) is 0 Å². The highest BCUT2D eigenvalue weighted by molar-refractivity contribution is 5.92. The van der Waals surface area contributed by atoms with E-state index >= 15 is 0 Å². The Morgan fingerprint density at radius 2 is 1.61 bits per heavy atom. The van der Waals surface area contributed by atoms with Crippen LogP contribution in [0, 0.1) is 80.3 Å². The molecule has 6 fully saturated rings. The Morgan fingerprint density at radius 1 is 0.870 bits per heavy atom. The molecule has 0 aliphatic heterocycles. The molecule has 1 unspecified atom stereocenters. The zero-order valence-electron chi connectivity index (χ0n) is 34.8. The highest BCUT2D eigenvalue weighted by Gasteiger charge is 2.77. The number of hydrogen-bond donors (Lipinski definition) is 4. The molecule has 54 heavy (non-hydrogen) atoms. The van der Waals surface area contributed by atoms with Crippen molar-refractivity contribution < 1.29 is 30.0 Å². The van der Waals surface area contributed by atoms with Gasteiger partial charge in [-0.05, 0) is 159 Å². The Hall–Kier alpha value is -1.34. The first-order valence-corrected chi connectivity index (χ1v) is 22.6. The highest BCUT2D eigenvalue weighted by Crippen LogP contribution is 2.80. The van der Waals surface area contributed by atoms with Crippen LogP contribution in [-0.4, -0.2) is 56.4 Å². The minimum absolute atomic E-state index is 0.00185. The first-order valence-electron chi connectivity index (χ1n) is 22.6. The second kappa shape index (κ2) is 13.3. The maximum atomic E-state index is 13.4. The molecule has 0 aromatic rings. The minimum atomic E-state index is -1.67. The lowest BCUT2D eigenvalue weighted by Crippen LogP contribution is -2.73. The standard InChI is InChI=1S/C48H74O6/c1-28(2)9-8-10-29(3)35-15-16-36-34-13-11-31-24-33(51)25-40(46(31,7)37(34)18-20-43(35,36)4)48-39(14-12-30-23-32(50)17-21-44(30,48)5)38-19-22-47(54,42(53)27-49)45(38,6)26-41(48)52/h11,23,28-29,33-41,49,51-52,54H,8-10,12-22,24-27H2,1-7H3/t29-,33-,34+,35-,36+,37+,38+,39+,40?,41+,43-,44+,45+,46+,47+,48+/m1/s1. The quantitative estimate of drug-likeness (QED) is 0.185. The van der Waals surface area contributed by atoms with E-state index in [1.165, 1.54) is 56.1 Å². The molecule has 302 valence electrons. The molecule has 6 saturated carbocycles. The second-order valence-corrected chi connectivity index (χ2v) is 22.1. The number of allylic oxidation sites excluding steroid dienone is 2. The molecule has 0 saturated heterocycles. The third kappa shape index (κ3) is 5.09. The average Bonchev–Trinajstić information content (AvgIpc) is 3.61.